The SMILES string of the molecule is NC(=NCCCl)OC(=O)C12CC(NC(=O)COc3ccc(Cl)c(F)c3)(C1)C2. The van der Waals surface area contributed by atoms with E-state index in [9.17, 15) is 14.0 Å². The molecular weight excluding hydrogens is 400 g/mol. The number of hydrogen-bond donors (Lipinski definition) is 2. The Hall–Kier alpha value is -2.06. The van der Waals surface area contributed by atoms with Crippen LogP contribution in [0.2, 0.25) is 5.02 Å². The van der Waals surface area contributed by atoms with Gasteiger partial charge in [0.15, 0.2) is 6.61 Å². The molecule has 146 valence electrons. The molecule has 3 aliphatic rings. The Bertz CT molecular complexity index is 783. The zero-order chi connectivity index (χ0) is 19.7. The molecule has 2 bridgehead atoms. The van der Waals surface area contributed by atoms with E-state index in [4.69, 9.17) is 38.4 Å². The fourth-order valence-corrected chi connectivity index (χ4v) is 3.77. The number of benzene rings is 1. The van der Waals surface area contributed by atoms with E-state index in [-0.39, 0.29) is 41.7 Å². The summed E-state index contributed by atoms with van der Waals surface area (Å²) < 4.78 is 23.6. The topological polar surface area (TPSA) is 103 Å². The highest BCUT2D eigenvalue weighted by Crippen LogP contribution is 2.67. The molecule has 7 nitrogen and oxygen atoms in total. The third-order valence-electron chi connectivity index (χ3n) is 4.68. The lowest BCUT2D eigenvalue weighted by Gasteiger charge is -2.68. The first kappa shape index (κ1) is 19.7. The van der Waals surface area contributed by atoms with E-state index >= 15 is 0 Å². The summed E-state index contributed by atoms with van der Waals surface area (Å²) >= 11 is 11.1. The molecule has 0 heterocycles. The number of esters is 1. The average Bonchev–Trinajstić information content (AvgIpc) is 2.55. The standard InChI is InChI=1S/C17H18Cl2FN3O4/c18-3-4-22-15(21)27-14(25)16-7-17(8-16,9-16)23-13(24)6-26-10-1-2-11(19)12(20)5-10/h1-2,5H,3-4,6-9H2,(H2,21,22)(H,23,24). The summed E-state index contributed by atoms with van der Waals surface area (Å²) in [6.07, 6.45) is 1.43. The van der Waals surface area contributed by atoms with Crippen molar-refractivity contribution in [2.75, 3.05) is 19.0 Å². The van der Waals surface area contributed by atoms with Crippen LogP contribution < -0.4 is 15.8 Å². The number of aliphatic imine (C=N–C) groups is 1. The van der Waals surface area contributed by atoms with Crippen LogP contribution in [0.25, 0.3) is 0 Å². The van der Waals surface area contributed by atoms with Gasteiger partial charge in [-0.1, -0.05) is 11.6 Å². The van der Waals surface area contributed by atoms with Crippen LogP contribution in [0, 0.1) is 11.2 Å². The first-order valence-corrected chi connectivity index (χ1v) is 9.16. The number of amides is 1. The van der Waals surface area contributed by atoms with Gasteiger partial charge in [0.2, 0.25) is 0 Å². The molecule has 27 heavy (non-hydrogen) atoms. The van der Waals surface area contributed by atoms with Gasteiger partial charge in [-0.25, -0.2) is 9.38 Å². The number of ether oxygens (including phenoxy) is 2. The molecule has 3 fully saturated rings. The zero-order valence-corrected chi connectivity index (χ0v) is 15.8. The molecule has 10 heteroatoms. The highest BCUT2D eigenvalue weighted by molar-refractivity contribution is 6.30. The Balaban J connectivity index is 1.43. The second kappa shape index (κ2) is 7.52. The van der Waals surface area contributed by atoms with E-state index in [1.807, 2.05) is 0 Å². The van der Waals surface area contributed by atoms with Crippen molar-refractivity contribution in [3.8, 4) is 5.75 Å². The van der Waals surface area contributed by atoms with Crippen LogP contribution in [-0.4, -0.2) is 42.5 Å². The van der Waals surface area contributed by atoms with E-state index in [1.165, 1.54) is 12.1 Å². The van der Waals surface area contributed by atoms with Crippen molar-refractivity contribution in [1.29, 1.82) is 0 Å². The molecular formula is C17H18Cl2FN3O4. The monoisotopic (exact) mass is 417 g/mol. The minimum absolute atomic E-state index is 0.0220. The summed E-state index contributed by atoms with van der Waals surface area (Å²) in [5.74, 6) is -0.930. The quantitative estimate of drug-likeness (QED) is 0.305. The Morgan fingerprint density at radius 1 is 1.33 bits per heavy atom. The van der Waals surface area contributed by atoms with Gasteiger partial charge in [-0.15, -0.1) is 11.6 Å². The summed E-state index contributed by atoms with van der Waals surface area (Å²) in [5.41, 5.74) is 4.47. The van der Waals surface area contributed by atoms with Gasteiger partial charge >= 0.3 is 5.97 Å². The van der Waals surface area contributed by atoms with E-state index in [1.54, 1.807) is 0 Å². The number of amidine groups is 1. The molecule has 0 aromatic heterocycles. The van der Waals surface area contributed by atoms with Gasteiger partial charge < -0.3 is 20.5 Å². The van der Waals surface area contributed by atoms with E-state index in [0.717, 1.165) is 6.07 Å². The van der Waals surface area contributed by atoms with E-state index in [0.29, 0.717) is 19.3 Å². The molecule has 1 aromatic carbocycles. The lowest BCUT2D eigenvalue weighted by molar-refractivity contribution is -0.198. The van der Waals surface area contributed by atoms with Crippen molar-refractivity contribution < 1.29 is 23.5 Å². The second-order valence-electron chi connectivity index (χ2n) is 6.80. The van der Waals surface area contributed by atoms with Crippen LogP contribution in [-0.2, 0) is 14.3 Å². The van der Waals surface area contributed by atoms with Crippen LogP contribution >= 0.6 is 23.2 Å². The number of nitrogens with two attached hydrogens (primary N) is 1. The predicted molar refractivity (Wildman–Crippen MR) is 97.4 cm³/mol. The minimum Gasteiger partial charge on any atom is -0.484 e. The van der Waals surface area contributed by atoms with Crippen LogP contribution in [0.1, 0.15) is 19.3 Å². The third-order valence-corrected chi connectivity index (χ3v) is 5.15. The smallest absolute Gasteiger partial charge is 0.320 e. The Kier molecular flexibility index (Phi) is 5.48. The molecule has 0 saturated heterocycles. The predicted octanol–water partition coefficient (Wildman–Crippen LogP) is 1.99. The van der Waals surface area contributed by atoms with Crippen molar-refractivity contribution in [3.63, 3.8) is 0 Å². The number of rotatable bonds is 7. The Morgan fingerprint density at radius 2 is 2.04 bits per heavy atom. The largest absolute Gasteiger partial charge is 0.484 e. The fraction of sp³-hybridized carbons (Fsp3) is 0.471. The van der Waals surface area contributed by atoms with Crippen molar-refractivity contribution >= 4 is 41.1 Å². The maximum atomic E-state index is 13.3. The van der Waals surface area contributed by atoms with Crippen molar-refractivity contribution in [2.45, 2.75) is 24.8 Å². The summed E-state index contributed by atoms with van der Waals surface area (Å²) in [7, 11) is 0. The lowest BCUT2D eigenvalue weighted by Crippen LogP contribution is -2.77. The first-order chi connectivity index (χ1) is 12.8. The van der Waals surface area contributed by atoms with Crippen LogP contribution in [0.4, 0.5) is 4.39 Å². The van der Waals surface area contributed by atoms with Crippen LogP contribution in [0.5, 0.6) is 5.75 Å². The van der Waals surface area contributed by atoms with Crippen molar-refractivity contribution in [3.05, 3.63) is 29.0 Å². The zero-order valence-electron chi connectivity index (χ0n) is 14.3. The molecule has 1 aromatic rings. The molecule has 1 amide bonds. The number of carbonyl (C=O) groups excluding carboxylic acids is 2. The summed E-state index contributed by atoms with van der Waals surface area (Å²) in [5, 5.41) is 2.83. The molecule has 4 rings (SSSR count). The Labute approximate surface area is 165 Å². The fourth-order valence-electron chi connectivity index (χ4n) is 3.57. The first-order valence-electron chi connectivity index (χ1n) is 8.25. The molecule has 0 radical (unpaired) electrons. The molecule has 3 N–H and O–H groups in total. The summed E-state index contributed by atoms with van der Waals surface area (Å²) in [6, 6.07) is 3.73. The number of nitrogens with zero attached hydrogens (tertiary/aromatic N) is 1. The molecule has 0 atom stereocenters. The van der Waals surface area contributed by atoms with E-state index in [2.05, 4.69) is 10.3 Å². The summed E-state index contributed by atoms with van der Waals surface area (Å²) in [4.78, 5) is 28.0. The minimum atomic E-state index is -0.622. The number of halogens is 3. The lowest BCUT2D eigenvalue weighted by atomic mass is 9.39. The molecule has 3 aliphatic carbocycles. The Morgan fingerprint density at radius 3 is 2.67 bits per heavy atom. The summed E-state index contributed by atoms with van der Waals surface area (Å²) in [6.45, 7) is 0.00346. The van der Waals surface area contributed by atoms with Gasteiger partial charge in [-0.3, -0.25) is 9.59 Å². The van der Waals surface area contributed by atoms with Gasteiger partial charge in [0.25, 0.3) is 11.9 Å². The maximum absolute atomic E-state index is 13.3. The number of carbonyl (C=O) groups is 2. The van der Waals surface area contributed by atoms with Gasteiger partial charge in [-0.05, 0) is 31.4 Å². The molecule has 0 spiro atoms. The van der Waals surface area contributed by atoms with Crippen molar-refractivity contribution in [1.82, 2.24) is 5.32 Å². The van der Waals surface area contributed by atoms with Crippen LogP contribution in [0.3, 0.4) is 0 Å². The normalized spacial score (nSPS) is 25.8. The average molecular weight is 418 g/mol. The third kappa shape index (κ3) is 4.11. The van der Waals surface area contributed by atoms with Crippen LogP contribution in [0.15, 0.2) is 23.2 Å². The number of alkyl halides is 1. The highest BCUT2D eigenvalue weighted by atomic mass is 35.5. The van der Waals surface area contributed by atoms with Gasteiger partial charge in [0, 0.05) is 17.5 Å². The van der Waals surface area contributed by atoms with Gasteiger partial charge in [-0.2, -0.15) is 0 Å². The van der Waals surface area contributed by atoms with E-state index < -0.39 is 22.7 Å². The van der Waals surface area contributed by atoms with Gasteiger partial charge in [0.1, 0.15) is 11.6 Å². The van der Waals surface area contributed by atoms with Gasteiger partial charge in [0.05, 0.1) is 17.0 Å². The molecule has 3 saturated carbocycles. The molecule has 0 aliphatic heterocycles. The highest BCUT2D eigenvalue weighted by Gasteiger charge is 2.73. The number of nitrogens with one attached hydrogen (secondary N) is 1. The maximum Gasteiger partial charge on any atom is 0.320 e. The second-order valence-corrected chi connectivity index (χ2v) is 7.59. The number of hydrogen-bond acceptors (Lipinski definition) is 5. The van der Waals surface area contributed by atoms with Crippen molar-refractivity contribution in [2.24, 2.45) is 16.1 Å². The molecule has 0 unspecified atom stereocenters.